The molecule has 2 aliphatic rings. The van der Waals surface area contributed by atoms with Crippen LogP contribution in [0, 0.1) is 0 Å². The Bertz CT molecular complexity index is 1040. The van der Waals surface area contributed by atoms with Gasteiger partial charge in [-0.3, -0.25) is 4.21 Å². The van der Waals surface area contributed by atoms with Crippen LogP contribution in [0.2, 0.25) is 0 Å². The largest absolute Gasteiger partial charge is 0.467 e. The standard InChI is InChI=1S/C26H30O8S/c1-3-30-25(28)23-17(2)33-26-24(35(23)29)22(32-16-19-12-8-5-9-13-19)21(20(14-27)34-26)31-15-18-10-6-4-7-11-18/h4-13,20-22,24,26-27H,3,14-16H2,1-2H3/t20-,21-,22+,24-,26+,35?/m1/s1. The maximum absolute atomic E-state index is 13.7. The fourth-order valence-corrected chi connectivity index (χ4v) is 5.82. The molecule has 0 amide bonds. The van der Waals surface area contributed by atoms with Crippen molar-refractivity contribution in [3.63, 3.8) is 0 Å². The number of rotatable bonds is 9. The first kappa shape index (κ1) is 25.5. The zero-order valence-electron chi connectivity index (χ0n) is 19.7. The average molecular weight is 503 g/mol. The first-order chi connectivity index (χ1) is 17.0. The lowest BCUT2D eigenvalue weighted by Gasteiger charge is -2.46. The minimum absolute atomic E-state index is 0.0470. The van der Waals surface area contributed by atoms with Gasteiger partial charge in [-0.25, -0.2) is 4.79 Å². The molecule has 0 radical (unpaired) electrons. The average Bonchev–Trinajstić information content (AvgIpc) is 2.87. The highest BCUT2D eigenvalue weighted by Gasteiger charge is 2.55. The van der Waals surface area contributed by atoms with Crippen LogP contribution in [0.25, 0.3) is 0 Å². The van der Waals surface area contributed by atoms with Gasteiger partial charge in [-0.1, -0.05) is 60.7 Å². The van der Waals surface area contributed by atoms with Gasteiger partial charge in [0.2, 0.25) is 6.29 Å². The molecule has 8 nitrogen and oxygen atoms in total. The third kappa shape index (κ3) is 5.82. The number of ether oxygens (including phenoxy) is 5. The predicted octanol–water partition coefficient (Wildman–Crippen LogP) is 2.82. The smallest absolute Gasteiger partial charge is 0.350 e. The van der Waals surface area contributed by atoms with Crippen molar-refractivity contribution in [1.82, 2.24) is 0 Å². The van der Waals surface area contributed by atoms with Crippen molar-refractivity contribution in [3.05, 3.63) is 82.5 Å². The Morgan fingerprint density at radius 1 is 0.971 bits per heavy atom. The molecular formula is C26H30O8S. The number of carbonyl (C=O) groups is 1. The van der Waals surface area contributed by atoms with Crippen LogP contribution >= 0.6 is 0 Å². The van der Waals surface area contributed by atoms with Crippen LogP contribution in [0.1, 0.15) is 25.0 Å². The molecule has 188 valence electrons. The number of esters is 1. The fraction of sp³-hybridized carbons (Fsp3) is 0.423. The molecule has 6 atom stereocenters. The second kappa shape index (κ2) is 11.9. The van der Waals surface area contributed by atoms with E-state index in [1.54, 1.807) is 13.8 Å². The van der Waals surface area contributed by atoms with Gasteiger partial charge in [0.25, 0.3) is 0 Å². The van der Waals surface area contributed by atoms with Gasteiger partial charge in [-0.05, 0) is 25.0 Å². The maximum Gasteiger partial charge on any atom is 0.350 e. The summed E-state index contributed by atoms with van der Waals surface area (Å²) in [6.45, 7) is 3.47. The molecule has 9 heteroatoms. The summed E-state index contributed by atoms with van der Waals surface area (Å²) < 4.78 is 43.2. The summed E-state index contributed by atoms with van der Waals surface area (Å²) in [5.74, 6) is -0.528. The van der Waals surface area contributed by atoms with E-state index in [-0.39, 0.29) is 37.1 Å². The molecule has 0 bridgehead atoms. The summed E-state index contributed by atoms with van der Waals surface area (Å²) in [7, 11) is -1.86. The number of fused-ring (bicyclic) bond motifs is 1. The normalized spacial score (nSPS) is 28.2. The molecule has 0 saturated carbocycles. The minimum atomic E-state index is -1.86. The molecule has 1 N–H and O–H groups in total. The van der Waals surface area contributed by atoms with E-state index in [1.807, 2.05) is 60.7 Å². The highest BCUT2D eigenvalue weighted by atomic mass is 32.2. The molecule has 0 aromatic heterocycles. The van der Waals surface area contributed by atoms with Gasteiger partial charge >= 0.3 is 5.97 Å². The Morgan fingerprint density at radius 2 is 1.54 bits per heavy atom. The van der Waals surface area contributed by atoms with Crippen molar-refractivity contribution in [1.29, 1.82) is 0 Å². The van der Waals surface area contributed by atoms with Gasteiger partial charge in [0, 0.05) is 0 Å². The Kier molecular flexibility index (Phi) is 8.69. The van der Waals surface area contributed by atoms with Crippen LogP contribution in [0.5, 0.6) is 0 Å². The molecule has 4 rings (SSSR count). The lowest BCUT2D eigenvalue weighted by molar-refractivity contribution is -0.264. The van der Waals surface area contributed by atoms with Gasteiger partial charge in [0.05, 0.1) is 37.2 Å². The zero-order chi connectivity index (χ0) is 24.8. The Hall–Kier alpha value is -2.56. The first-order valence-electron chi connectivity index (χ1n) is 11.6. The van der Waals surface area contributed by atoms with Crippen molar-refractivity contribution in [2.75, 3.05) is 13.2 Å². The number of benzene rings is 2. The van der Waals surface area contributed by atoms with E-state index in [0.717, 1.165) is 11.1 Å². The Morgan fingerprint density at radius 3 is 2.09 bits per heavy atom. The number of aliphatic hydroxyl groups excluding tert-OH is 1. The Balaban J connectivity index is 1.65. The number of aliphatic hydroxyl groups is 1. The number of allylic oxidation sites excluding steroid dienone is 1. The maximum atomic E-state index is 13.7. The van der Waals surface area contributed by atoms with Gasteiger partial charge in [-0.15, -0.1) is 0 Å². The van der Waals surface area contributed by atoms with E-state index in [9.17, 15) is 14.1 Å². The second-order valence-corrected chi connectivity index (χ2v) is 9.78. The topological polar surface area (TPSA) is 101 Å². The minimum Gasteiger partial charge on any atom is -0.467 e. The molecular weight excluding hydrogens is 472 g/mol. The van der Waals surface area contributed by atoms with Crippen LogP contribution in [0.3, 0.4) is 0 Å². The lowest BCUT2D eigenvalue weighted by Crippen LogP contribution is -2.63. The van der Waals surface area contributed by atoms with E-state index in [1.165, 1.54) is 0 Å². The third-order valence-corrected chi connectivity index (χ3v) is 7.70. The molecule has 2 heterocycles. The van der Waals surface area contributed by atoms with Gasteiger partial charge in [0.1, 0.15) is 29.3 Å². The summed E-state index contributed by atoms with van der Waals surface area (Å²) in [5, 5.41) is 9.25. The van der Waals surface area contributed by atoms with Gasteiger partial charge in [-0.2, -0.15) is 0 Å². The zero-order valence-corrected chi connectivity index (χ0v) is 20.5. The highest BCUT2D eigenvalue weighted by molar-refractivity contribution is 7.90. The molecule has 0 spiro atoms. The van der Waals surface area contributed by atoms with Crippen molar-refractivity contribution >= 4 is 16.8 Å². The van der Waals surface area contributed by atoms with Crippen molar-refractivity contribution in [2.24, 2.45) is 0 Å². The van der Waals surface area contributed by atoms with E-state index < -0.39 is 46.6 Å². The number of hydrogen-bond donors (Lipinski definition) is 1. The lowest BCUT2D eigenvalue weighted by atomic mass is 10.00. The third-order valence-electron chi connectivity index (χ3n) is 5.86. The van der Waals surface area contributed by atoms with Crippen molar-refractivity contribution in [3.8, 4) is 0 Å². The summed E-state index contributed by atoms with van der Waals surface area (Å²) in [6, 6.07) is 19.1. The molecule has 1 unspecified atom stereocenters. The molecule has 0 aliphatic carbocycles. The molecule has 2 aromatic rings. The van der Waals surface area contributed by atoms with Crippen LogP contribution in [-0.4, -0.2) is 58.4 Å². The Labute approximate surface area is 207 Å². The molecule has 1 fully saturated rings. The van der Waals surface area contributed by atoms with Crippen molar-refractivity contribution in [2.45, 2.75) is 56.9 Å². The number of carbonyl (C=O) groups excluding carboxylic acids is 1. The molecule has 2 aromatic carbocycles. The summed E-state index contributed by atoms with van der Waals surface area (Å²) in [6.07, 6.45) is -3.33. The molecule has 2 aliphatic heterocycles. The summed E-state index contributed by atoms with van der Waals surface area (Å²) >= 11 is 0. The van der Waals surface area contributed by atoms with Crippen LogP contribution in [0.15, 0.2) is 71.3 Å². The van der Waals surface area contributed by atoms with Crippen molar-refractivity contribution < 1.29 is 37.8 Å². The van der Waals surface area contributed by atoms with Crippen LogP contribution in [0.4, 0.5) is 0 Å². The van der Waals surface area contributed by atoms with Crippen LogP contribution < -0.4 is 0 Å². The monoisotopic (exact) mass is 502 g/mol. The van der Waals surface area contributed by atoms with E-state index >= 15 is 0 Å². The second-order valence-electron chi connectivity index (χ2n) is 8.23. The fourth-order valence-electron chi connectivity index (χ4n) is 4.20. The quantitative estimate of drug-likeness (QED) is 0.523. The number of hydrogen-bond acceptors (Lipinski definition) is 8. The SMILES string of the molecule is CCOC(=O)C1=C(C)O[C@H]2O[C@H](CO)[C@@H](OCc3ccccc3)[C@H](OCc3ccccc3)[C@H]2S1=O. The predicted molar refractivity (Wildman–Crippen MR) is 128 cm³/mol. The van der Waals surface area contributed by atoms with E-state index in [2.05, 4.69) is 0 Å². The summed E-state index contributed by atoms with van der Waals surface area (Å²) in [5.41, 5.74) is 1.84. The van der Waals surface area contributed by atoms with E-state index in [0.29, 0.717) is 0 Å². The van der Waals surface area contributed by atoms with Gasteiger partial charge in [0.15, 0.2) is 4.91 Å². The first-order valence-corrected chi connectivity index (χ1v) is 12.8. The van der Waals surface area contributed by atoms with Gasteiger partial charge < -0.3 is 28.8 Å². The summed E-state index contributed by atoms with van der Waals surface area (Å²) in [4.78, 5) is 12.5. The van der Waals surface area contributed by atoms with E-state index in [4.69, 9.17) is 23.7 Å². The molecule has 35 heavy (non-hydrogen) atoms. The molecule has 1 saturated heterocycles. The van der Waals surface area contributed by atoms with Crippen LogP contribution in [-0.2, 0) is 52.5 Å². The highest BCUT2D eigenvalue weighted by Crippen LogP contribution is 2.38.